The average molecular weight is 419 g/mol. The number of aromatic amines is 1. The van der Waals surface area contributed by atoms with Gasteiger partial charge in [-0.15, -0.1) is 0 Å². The number of aromatic nitrogens is 4. The molecule has 4 heterocycles. The number of nitrogens with one attached hydrogen (secondary N) is 2. The molecule has 1 atom stereocenters. The van der Waals surface area contributed by atoms with Crippen molar-refractivity contribution in [2.75, 3.05) is 18.4 Å². The SMILES string of the molecule is O=C(CCC1CCCC1)N1CC[C@@H](c2ccc3c(NCc4ccccn4)n[nH]c3n2)C1. The predicted molar refractivity (Wildman–Crippen MR) is 121 cm³/mol. The molecular weight excluding hydrogens is 388 g/mol. The van der Waals surface area contributed by atoms with Gasteiger partial charge in [0.1, 0.15) is 0 Å². The quantitative estimate of drug-likeness (QED) is 0.599. The number of nitrogens with zero attached hydrogens (tertiary/aromatic N) is 4. The van der Waals surface area contributed by atoms with Gasteiger partial charge in [0.25, 0.3) is 0 Å². The molecule has 31 heavy (non-hydrogen) atoms. The van der Waals surface area contributed by atoms with E-state index in [4.69, 9.17) is 4.98 Å². The molecule has 1 amide bonds. The summed E-state index contributed by atoms with van der Waals surface area (Å²) < 4.78 is 0. The fourth-order valence-electron chi connectivity index (χ4n) is 4.97. The Morgan fingerprint density at radius 3 is 2.90 bits per heavy atom. The molecule has 0 aromatic carbocycles. The summed E-state index contributed by atoms with van der Waals surface area (Å²) in [5.41, 5.74) is 2.79. The number of likely N-dealkylation sites (tertiary alicyclic amines) is 1. The summed E-state index contributed by atoms with van der Waals surface area (Å²) in [4.78, 5) is 23.9. The molecule has 1 saturated heterocycles. The molecule has 0 radical (unpaired) electrons. The van der Waals surface area contributed by atoms with E-state index < -0.39 is 0 Å². The van der Waals surface area contributed by atoms with Crippen LogP contribution >= 0.6 is 0 Å². The fourth-order valence-corrected chi connectivity index (χ4v) is 4.97. The van der Waals surface area contributed by atoms with Crippen molar-refractivity contribution in [3.05, 3.63) is 47.9 Å². The number of carbonyl (C=O) groups excluding carboxylic acids is 1. The van der Waals surface area contributed by atoms with E-state index in [0.29, 0.717) is 24.8 Å². The molecule has 3 aromatic rings. The third-order valence-electron chi connectivity index (χ3n) is 6.81. The summed E-state index contributed by atoms with van der Waals surface area (Å²) in [6, 6.07) is 10.0. The van der Waals surface area contributed by atoms with E-state index in [1.165, 1.54) is 25.7 Å². The first-order valence-corrected chi connectivity index (χ1v) is 11.5. The number of amides is 1. The maximum Gasteiger partial charge on any atom is 0.222 e. The summed E-state index contributed by atoms with van der Waals surface area (Å²) in [7, 11) is 0. The first-order valence-electron chi connectivity index (χ1n) is 11.5. The Hall–Kier alpha value is -2.96. The molecule has 1 aliphatic carbocycles. The van der Waals surface area contributed by atoms with Gasteiger partial charge in [-0.1, -0.05) is 31.7 Å². The number of hydrogen-bond donors (Lipinski definition) is 2. The van der Waals surface area contributed by atoms with Crippen molar-refractivity contribution in [1.82, 2.24) is 25.1 Å². The molecule has 1 aliphatic heterocycles. The molecule has 0 unspecified atom stereocenters. The van der Waals surface area contributed by atoms with E-state index in [1.54, 1.807) is 6.20 Å². The Morgan fingerprint density at radius 1 is 1.16 bits per heavy atom. The highest BCUT2D eigenvalue weighted by Crippen LogP contribution is 2.31. The summed E-state index contributed by atoms with van der Waals surface area (Å²) in [5, 5.41) is 11.8. The second-order valence-electron chi connectivity index (χ2n) is 8.89. The van der Waals surface area contributed by atoms with E-state index in [1.807, 2.05) is 23.1 Å². The normalized spacial score (nSPS) is 19.4. The van der Waals surface area contributed by atoms with Crippen LogP contribution in [0, 0.1) is 5.92 Å². The van der Waals surface area contributed by atoms with Crippen molar-refractivity contribution >= 4 is 22.8 Å². The van der Waals surface area contributed by atoms with Gasteiger partial charge in [0, 0.05) is 37.3 Å². The summed E-state index contributed by atoms with van der Waals surface area (Å²) >= 11 is 0. The van der Waals surface area contributed by atoms with Gasteiger partial charge in [0.15, 0.2) is 11.5 Å². The van der Waals surface area contributed by atoms with Crippen LogP contribution in [0.5, 0.6) is 0 Å². The van der Waals surface area contributed by atoms with Gasteiger partial charge in [0.05, 0.1) is 17.6 Å². The number of pyridine rings is 2. The lowest BCUT2D eigenvalue weighted by Gasteiger charge is -2.17. The fraction of sp³-hybridized carbons (Fsp3) is 0.500. The van der Waals surface area contributed by atoms with E-state index in [0.717, 1.165) is 60.1 Å². The van der Waals surface area contributed by atoms with Crippen molar-refractivity contribution < 1.29 is 4.79 Å². The smallest absolute Gasteiger partial charge is 0.222 e. The van der Waals surface area contributed by atoms with Crippen LogP contribution in [0.25, 0.3) is 11.0 Å². The van der Waals surface area contributed by atoms with Crippen molar-refractivity contribution in [3.63, 3.8) is 0 Å². The molecule has 0 bridgehead atoms. The lowest BCUT2D eigenvalue weighted by atomic mass is 10.0. The summed E-state index contributed by atoms with van der Waals surface area (Å²) in [6.07, 6.45) is 9.83. The predicted octanol–water partition coefficient (Wildman–Crippen LogP) is 4.25. The van der Waals surface area contributed by atoms with E-state index in [-0.39, 0.29) is 0 Å². The zero-order valence-corrected chi connectivity index (χ0v) is 17.9. The Labute approximate surface area is 182 Å². The van der Waals surface area contributed by atoms with E-state index in [2.05, 4.69) is 32.6 Å². The first kappa shape index (κ1) is 20.0. The lowest BCUT2D eigenvalue weighted by Crippen LogP contribution is -2.28. The molecule has 1 saturated carbocycles. The van der Waals surface area contributed by atoms with Crippen LogP contribution in [0.3, 0.4) is 0 Å². The zero-order chi connectivity index (χ0) is 21.0. The van der Waals surface area contributed by atoms with Crippen molar-refractivity contribution in [1.29, 1.82) is 0 Å². The molecule has 5 rings (SSSR count). The van der Waals surface area contributed by atoms with Crippen molar-refractivity contribution in [3.8, 4) is 0 Å². The largest absolute Gasteiger partial charge is 0.362 e. The van der Waals surface area contributed by atoms with Gasteiger partial charge in [-0.05, 0) is 43.0 Å². The standard InChI is InChI=1S/C24H30N6O/c31-22(11-8-17-5-1-2-6-17)30-14-12-18(16-30)21-10-9-20-23(28-29-24(20)27-21)26-15-19-7-3-4-13-25-19/h3-4,7,9-10,13,17-18H,1-2,5-6,8,11-12,14-16H2,(H2,26,27,28,29)/t18-/m1/s1. The molecule has 3 aromatic heterocycles. The average Bonchev–Trinajstić information content (AvgIpc) is 3.57. The minimum atomic E-state index is 0.299. The molecule has 2 fully saturated rings. The molecule has 7 heteroatoms. The van der Waals surface area contributed by atoms with Crippen LogP contribution in [0.2, 0.25) is 0 Å². The Kier molecular flexibility index (Phi) is 5.82. The van der Waals surface area contributed by atoms with Crippen molar-refractivity contribution in [2.24, 2.45) is 5.92 Å². The van der Waals surface area contributed by atoms with E-state index >= 15 is 0 Å². The number of anilines is 1. The lowest BCUT2D eigenvalue weighted by molar-refractivity contribution is -0.130. The van der Waals surface area contributed by atoms with Gasteiger partial charge < -0.3 is 10.2 Å². The third kappa shape index (κ3) is 4.55. The van der Waals surface area contributed by atoms with Gasteiger partial charge >= 0.3 is 0 Å². The van der Waals surface area contributed by atoms with E-state index in [9.17, 15) is 4.79 Å². The molecule has 2 aliphatic rings. The van der Waals surface area contributed by atoms with Gasteiger partial charge in [0.2, 0.25) is 5.91 Å². The first-order chi connectivity index (χ1) is 15.3. The highest BCUT2D eigenvalue weighted by atomic mass is 16.2. The monoisotopic (exact) mass is 418 g/mol. The Balaban J connectivity index is 1.19. The van der Waals surface area contributed by atoms with Gasteiger partial charge in [-0.2, -0.15) is 5.10 Å². The number of hydrogen-bond acceptors (Lipinski definition) is 5. The summed E-state index contributed by atoms with van der Waals surface area (Å²) in [6.45, 7) is 2.23. The second kappa shape index (κ2) is 9.04. The van der Waals surface area contributed by atoms with Crippen LogP contribution in [0.1, 0.15) is 62.3 Å². The molecule has 7 nitrogen and oxygen atoms in total. The molecular formula is C24H30N6O. The maximum atomic E-state index is 12.7. The number of rotatable bonds is 7. The van der Waals surface area contributed by atoms with Crippen LogP contribution < -0.4 is 5.32 Å². The second-order valence-corrected chi connectivity index (χ2v) is 8.89. The molecule has 0 spiro atoms. The highest BCUT2D eigenvalue weighted by molar-refractivity contribution is 5.87. The van der Waals surface area contributed by atoms with Crippen LogP contribution in [-0.4, -0.2) is 44.1 Å². The topological polar surface area (TPSA) is 86.8 Å². The Morgan fingerprint density at radius 2 is 2.06 bits per heavy atom. The minimum absolute atomic E-state index is 0.299. The summed E-state index contributed by atoms with van der Waals surface area (Å²) in [5.74, 6) is 2.17. The third-order valence-corrected chi connectivity index (χ3v) is 6.81. The highest BCUT2D eigenvalue weighted by Gasteiger charge is 2.29. The van der Waals surface area contributed by atoms with Crippen LogP contribution in [0.15, 0.2) is 36.5 Å². The number of H-pyrrole nitrogens is 1. The zero-order valence-electron chi connectivity index (χ0n) is 17.9. The van der Waals surface area contributed by atoms with Gasteiger partial charge in [-0.25, -0.2) is 4.98 Å². The van der Waals surface area contributed by atoms with Gasteiger partial charge in [-0.3, -0.25) is 14.9 Å². The minimum Gasteiger partial charge on any atom is -0.362 e. The van der Waals surface area contributed by atoms with Crippen molar-refractivity contribution in [2.45, 2.75) is 57.4 Å². The molecule has 162 valence electrons. The van der Waals surface area contributed by atoms with Crippen LogP contribution in [0.4, 0.5) is 5.82 Å². The molecule has 2 N–H and O–H groups in total. The maximum absolute atomic E-state index is 12.7. The number of fused-ring (bicyclic) bond motifs is 1. The number of carbonyl (C=O) groups is 1. The Bertz CT molecular complexity index is 1030. The van der Waals surface area contributed by atoms with Crippen LogP contribution in [-0.2, 0) is 11.3 Å².